The van der Waals surface area contributed by atoms with E-state index in [1.165, 1.54) is 18.3 Å². The molecule has 0 unspecified atom stereocenters. The molecule has 204 valence electrons. The van der Waals surface area contributed by atoms with Crippen molar-refractivity contribution in [1.82, 2.24) is 0 Å². The van der Waals surface area contributed by atoms with Crippen LogP contribution in [-0.2, 0) is 14.3 Å². The molecule has 0 heterocycles. The van der Waals surface area contributed by atoms with Crippen molar-refractivity contribution < 1.29 is 24.5 Å². The highest BCUT2D eigenvalue weighted by atomic mass is 16.5. The molecule has 0 aliphatic heterocycles. The first-order valence-corrected chi connectivity index (χ1v) is 13.6. The van der Waals surface area contributed by atoms with Gasteiger partial charge >= 0.3 is 11.9 Å². The number of carboxylic acid groups (broad SMARTS) is 1. The van der Waals surface area contributed by atoms with E-state index in [2.05, 4.69) is 46.9 Å². The predicted octanol–water partition coefficient (Wildman–Crippen LogP) is 7.11. The summed E-state index contributed by atoms with van der Waals surface area (Å²) in [6.45, 7) is 21.2. The third-order valence-corrected chi connectivity index (χ3v) is 9.82. The van der Waals surface area contributed by atoms with E-state index in [-0.39, 0.29) is 46.9 Å². The number of carbonyl (C=O) groups excluding carboxylic acids is 1. The van der Waals surface area contributed by atoms with Gasteiger partial charge < -0.3 is 14.9 Å². The molecule has 2 N–H and O–H groups in total. The van der Waals surface area contributed by atoms with Gasteiger partial charge in [0.25, 0.3) is 0 Å². The monoisotopic (exact) mass is 502 g/mol. The van der Waals surface area contributed by atoms with Crippen LogP contribution in [0.2, 0.25) is 0 Å². The van der Waals surface area contributed by atoms with Gasteiger partial charge in [0.15, 0.2) is 0 Å². The fraction of sp³-hybridized carbons (Fsp3) is 0.742. The van der Waals surface area contributed by atoms with Crippen LogP contribution >= 0.6 is 0 Å². The summed E-state index contributed by atoms with van der Waals surface area (Å²) in [4.78, 5) is 23.7. The van der Waals surface area contributed by atoms with Crippen LogP contribution in [0.5, 0.6) is 0 Å². The second-order valence-corrected chi connectivity index (χ2v) is 12.6. The molecule has 6 atom stereocenters. The Labute approximate surface area is 219 Å². The van der Waals surface area contributed by atoms with E-state index in [0.717, 1.165) is 37.7 Å². The van der Waals surface area contributed by atoms with Crippen LogP contribution in [-0.4, -0.2) is 34.9 Å². The number of hydrogen-bond donors (Lipinski definition) is 2. The second kappa shape index (κ2) is 11.7. The van der Waals surface area contributed by atoms with Gasteiger partial charge in [-0.25, -0.2) is 0 Å². The minimum absolute atomic E-state index is 0.0368. The fourth-order valence-electron chi connectivity index (χ4n) is 7.92. The summed E-state index contributed by atoms with van der Waals surface area (Å²) in [6.07, 6.45) is 8.49. The first-order chi connectivity index (χ1) is 16.6. The minimum Gasteiger partial charge on any atom is -0.481 e. The predicted molar refractivity (Wildman–Crippen MR) is 145 cm³/mol. The lowest BCUT2D eigenvalue weighted by molar-refractivity contribution is -0.143. The molecule has 0 spiro atoms. The van der Waals surface area contributed by atoms with E-state index < -0.39 is 11.6 Å². The van der Waals surface area contributed by atoms with Crippen molar-refractivity contribution in [2.24, 2.45) is 34.5 Å². The number of carbonyl (C=O) groups is 2. The van der Waals surface area contributed by atoms with Gasteiger partial charge in [-0.1, -0.05) is 49.8 Å². The van der Waals surface area contributed by atoms with Gasteiger partial charge in [0.05, 0.1) is 12.7 Å². The zero-order chi connectivity index (χ0) is 27.5. The molecule has 5 nitrogen and oxygen atoms in total. The molecule has 0 bridgehead atoms. The molecule has 36 heavy (non-hydrogen) atoms. The molecule has 2 aliphatic rings. The average Bonchev–Trinajstić information content (AvgIpc) is 2.76. The van der Waals surface area contributed by atoms with Gasteiger partial charge in [-0.15, -0.1) is 0 Å². The van der Waals surface area contributed by atoms with Crippen molar-refractivity contribution in [3.8, 4) is 0 Å². The number of carboxylic acids is 1. The lowest BCUT2D eigenvalue weighted by atomic mass is 9.51. The van der Waals surface area contributed by atoms with Gasteiger partial charge in [0, 0.05) is 12.8 Å². The van der Waals surface area contributed by atoms with Crippen molar-refractivity contribution in [2.45, 2.75) is 105 Å². The average molecular weight is 503 g/mol. The number of esters is 1. The van der Waals surface area contributed by atoms with E-state index in [0.29, 0.717) is 19.3 Å². The molecule has 0 aromatic rings. The van der Waals surface area contributed by atoms with E-state index in [1.54, 1.807) is 0 Å². The Bertz CT molecular complexity index is 878. The van der Waals surface area contributed by atoms with Crippen LogP contribution in [0.1, 0.15) is 99.3 Å². The Kier molecular flexibility index (Phi) is 9.83. The molecule has 0 aromatic heterocycles. The highest BCUT2D eigenvalue weighted by Crippen LogP contribution is 2.58. The quantitative estimate of drug-likeness (QED) is 0.232. The largest absolute Gasteiger partial charge is 0.481 e. The summed E-state index contributed by atoms with van der Waals surface area (Å²) in [6, 6.07) is 0. The molecule has 2 aliphatic carbocycles. The molecule has 1 fully saturated rings. The number of rotatable bonds is 11. The van der Waals surface area contributed by atoms with Gasteiger partial charge in [-0.05, 0) is 107 Å². The van der Waals surface area contributed by atoms with Crippen molar-refractivity contribution in [3.05, 3.63) is 36.0 Å². The molecule has 0 saturated heterocycles. The van der Waals surface area contributed by atoms with Gasteiger partial charge in [-0.2, -0.15) is 0 Å². The van der Waals surface area contributed by atoms with Gasteiger partial charge in [0.1, 0.15) is 0 Å². The van der Waals surface area contributed by atoms with Crippen LogP contribution in [0.3, 0.4) is 0 Å². The van der Waals surface area contributed by atoms with E-state index in [9.17, 15) is 19.8 Å². The van der Waals surface area contributed by atoms with Crippen molar-refractivity contribution in [1.29, 1.82) is 0 Å². The maximum absolute atomic E-state index is 12.1. The summed E-state index contributed by atoms with van der Waals surface area (Å²) in [7, 11) is 1.42. The molecule has 0 radical (unpaired) electrons. The first-order valence-electron chi connectivity index (χ1n) is 13.6. The summed E-state index contributed by atoms with van der Waals surface area (Å²) in [5, 5.41) is 20.6. The third kappa shape index (κ3) is 6.51. The van der Waals surface area contributed by atoms with Crippen LogP contribution in [0.15, 0.2) is 36.0 Å². The third-order valence-electron chi connectivity index (χ3n) is 9.82. The van der Waals surface area contributed by atoms with E-state index >= 15 is 0 Å². The number of methoxy groups -OCH3 is 1. The maximum atomic E-state index is 12.1. The van der Waals surface area contributed by atoms with Crippen LogP contribution in [0.25, 0.3) is 0 Å². The normalized spacial score (nSPS) is 33.1. The van der Waals surface area contributed by atoms with Crippen molar-refractivity contribution >= 4 is 11.9 Å². The Hall–Kier alpha value is -1.88. The van der Waals surface area contributed by atoms with Crippen LogP contribution < -0.4 is 0 Å². The molecule has 0 aromatic carbocycles. The molecule has 1 saturated carbocycles. The molecule has 5 heteroatoms. The Balaban J connectivity index is 2.41. The topological polar surface area (TPSA) is 83.8 Å². The van der Waals surface area contributed by atoms with Gasteiger partial charge in [0.2, 0.25) is 0 Å². The zero-order valence-electron chi connectivity index (χ0n) is 23.8. The number of aliphatic hydroxyl groups is 1. The lowest BCUT2D eigenvalue weighted by Crippen LogP contribution is -2.50. The Morgan fingerprint density at radius 3 is 2.25 bits per heavy atom. The van der Waals surface area contributed by atoms with E-state index in [1.807, 2.05) is 13.8 Å². The van der Waals surface area contributed by atoms with Crippen LogP contribution in [0.4, 0.5) is 0 Å². The highest BCUT2D eigenvalue weighted by molar-refractivity contribution is 5.69. The van der Waals surface area contributed by atoms with Crippen molar-refractivity contribution in [3.63, 3.8) is 0 Å². The number of allylic oxidation sites excluding steroid dienone is 4. The van der Waals surface area contributed by atoms with Crippen LogP contribution in [0, 0.1) is 34.5 Å². The smallest absolute Gasteiger partial charge is 0.305 e. The molecular formula is C31H50O5. The standard InChI is InChI=1S/C31H50O5/c1-20(2)23-12-10-21(3)24(30(23,7)18-16-27(32)33)13-14-25-22(4)11-15-26(29(5,6)35)31(25,8)19-17-28(34)36-9/h10,23-26,35H,1,4,11-19H2,2-3,5-9H3,(H,32,33)/t23-,24-,25-,26-,30-,31+/m1/s1. The van der Waals surface area contributed by atoms with Crippen molar-refractivity contribution in [2.75, 3.05) is 7.11 Å². The summed E-state index contributed by atoms with van der Waals surface area (Å²) < 4.78 is 4.96. The maximum Gasteiger partial charge on any atom is 0.305 e. The summed E-state index contributed by atoms with van der Waals surface area (Å²) >= 11 is 0. The number of hydrogen-bond acceptors (Lipinski definition) is 4. The first kappa shape index (κ1) is 30.3. The van der Waals surface area contributed by atoms with Gasteiger partial charge in [-0.3, -0.25) is 9.59 Å². The SMILES string of the molecule is C=C(C)[C@H]1CC=C(C)[C@@H](CC[C@@H]2C(=C)CC[C@H](C(C)(C)O)[C@@]2(C)CCC(=O)OC)[C@]1(C)CCC(=O)O. The zero-order valence-corrected chi connectivity index (χ0v) is 23.8. The Morgan fingerprint density at radius 1 is 1.14 bits per heavy atom. The molecule has 0 amide bonds. The lowest BCUT2D eigenvalue weighted by Gasteiger charge is -2.54. The molecular weight excluding hydrogens is 452 g/mol. The molecule has 2 rings (SSSR count). The minimum atomic E-state index is -0.870. The number of ether oxygens (including phenoxy) is 1. The summed E-state index contributed by atoms with van der Waals surface area (Å²) in [5.74, 6) is -0.296. The fourth-order valence-corrected chi connectivity index (χ4v) is 7.92. The number of aliphatic carboxylic acids is 1. The summed E-state index contributed by atoms with van der Waals surface area (Å²) in [5.41, 5.74) is 2.30. The van der Waals surface area contributed by atoms with E-state index in [4.69, 9.17) is 4.74 Å². The Morgan fingerprint density at radius 2 is 1.72 bits per heavy atom. The highest BCUT2D eigenvalue weighted by Gasteiger charge is 2.51. The second-order valence-electron chi connectivity index (χ2n) is 12.6.